The third-order valence-corrected chi connectivity index (χ3v) is 12.5. The van der Waals surface area contributed by atoms with E-state index in [9.17, 15) is 0 Å². The quantitative estimate of drug-likeness (QED) is 0.145. The molecule has 0 aliphatic carbocycles. The average Bonchev–Trinajstić information content (AvgIpc) is 3.67. The van der Waals surface area contributed by atoms with Crippen LogP contribution in [0.4, 0.5) is 22.7 Å². The molecule has 0 unspecified atom stereocenters. The third kappa shape index (κ3) is 6.81. The minimum atomic E-state index is -0.0625. The van der Waals surface area contributed by atoms with Gasteiger partial charge in [-0.3, -0.25) is 0 Å². The zero-order chi connectivity index (χ0) is 41.1. The van der Waals surface area contributed by atoms with Crippen LogP contribution >= 0.6 is 0 Å². The molecule has 1 fully saturated rings. The van der Waals surface area contributed by atoms with Crippen molar-refractivity contribution in [1.82, 2.24) is 4.57 Å². The van der Waals surface area contributed by atoms with Gasteiger partial charge in [0.1, 0.15) is 0 Å². The maximum absolute atomic E-state index is 2.73. The second kappa shape index (κ2) is 15.0. The van der Waals surface area contributed by atoms with Gasteiger partial charge in [-0.2, -0.15) is 0 Å². The number of hydrogen-bond acceptors (Lipinski definition) is 2. The van der Waals surface area contributed by atoms with Gasteiger partial charge in [-0.15, -0.1) is 0 Å². The van der Waals surface area contributed by atoms with E-state index in [4.69, 9.17) is 0 Å². The van der Waals surface area contributed by atoms with Gasteiger partial charge in [-0.1, -0.05) is 151 Å². The number of hydrogen-bond donors (Lipinski definition) is 0. The lowest BCUT2D eigenvalue weighted by Gasteiger charge is -2.42. The second-order valence-corrected chi connectivity index (χ2v) is 18.3. The number of anilines is 4. The van der Waals surface area contributed by atoms with Crippen LogP contribution in [0.25, 0.3) is 38.6 Å². The van der Waals surface area contributed by atoms with E-state index in [0.29, 0.717) is 11.8 Å². The SMILES string of the molecule is CC(C)c1cccc(C(C)C)c1N1[C](c2ccc(N(c3ccc(-c4ccccc4)cc3)c3ccc4c(c3)c3ccccc3n4-c3ccccc3)cc2)C(C)(C)CC1(C)C. The molecule has 1 aliphatic heterocycles. The van der Waals surface area contributed by atoms with Crippen LogP contribution in [-0.2, 0) is 0 Å². The largest absolute Gasteiger partial charge is 0.353 e. The van der Waals surface area contributed by atoms with Crippen molar-refractivity contribution >= 4 is 44.6 Å². The number of nitrogens with zero attached hydrogens (tertiary/aromatic N) is 3. The molecule has 1 saturated heterocycles. The predicted octanol–water partition coefficient (Wildman–Crippen LogP) is 15.8. The fourth-order valence-electron chi connectivity index (χ4n) is 10.2. The molecule has 1 aliphatic rings. The molecular formula is C56H56N3. The fourth-order valence-corrected chi connectivity index (χ4v) is 10.2. The van der Waals surface area contributed by atoms with E-state index in [1.54, 1.807) is 0 Å². The van der Waals surface area contributed by atoms with Gasteiger partial charge in [-0.25, -0.2) is 0 Å². The van der Waals surface area contributed by atoms with Gasteiger partial charge >= 0.3 is 0 Å². The van der Waals surface area contributed by atoms with Crippen LogP contribution in [0.2, 0.25) is 0 Å². The molecule has 9 rings (SSSR count). The molecule has 295 valence electrons. The van der Waals surface area contributed by atoms with Crippen molar-refractivity contribution < 1.29 is 0 Å². The average molecular weight is 771 g/mol. The van der Waals surface area contributed by atoms with Gasteiger partial charge in [0.15, 0.2) is 0 Å². The molecular weight excluding hydrogens is 715 g/mol. The van der Waals surface area contributed by atoms with Gasteiger partial charge in [0.25, 0.3) is 0 Å². The van der Waals surface area contributed by atoms with Gasteiger partial charge in [0, 0.05) is 44.7 Å². The highest BCUT2D eigenvalue weighted by Crippen LogP contribution is 2.57. The van der Waals surface area contributed by atoms with Crippen molar-refractivity contribution in [3.05, 3.63) is 193 Å². The molecule has 0 atom stereocenters. The van der Waals surface area contributed by atoms with Crippen LogP contribution in [0.3, 0.4) is 0 Å². The van der Waals surface area contributed by atoms with Crippen LogP contribution in [0, 0.1) is 11.5 Å². The minimum absolute atomic E-state index is 0.0334. The van der Waals surface area contributed by atoms with E-state index >= 15 is 0 Å². The lowest BCUT2D eigenvalue weighted by molar-refractivity contribution is 0.376. The first-order valence-electron chi connectivity index (χ1n) is 21.4. The molecule has 3 heteroatoms. The van der Waals surface area contributed by atoms with E-state index in [1.165, 1.54) is 61.4 Å². The number of para-hydroxylation sites is 3. The molecule has 8 aromatic rings. The fraction of sp³-hybridized carbons (Fsp3) is 0.232. The topological polar surface area (TPSA) is 11.4 Å². The van der Waals surface area contributed by atoms with E-state index in [-0.39, 0.29) is 11.0 Å². The monoisotopic (exact) mass is 770 g/mol. The summed E-state index contributed by atoms with van der Waals surface area (Å²) in [5.74, 6) is 0.820. The molecule has 0 bridgehead atoms. The summed E-state index contributed by atoms with van der Waals surface area (Å²) in [6.07, 6.45) is 1.07. The second-order valence-electron chi connectivity index (χ2n) is 18.3. The molecule has 1 radical (unpaired) electrons. The Kier molecular flexibility index (Phi) is 9.75. The first-order chi connectivity index (χ1) is 28.4. The van der Waals surface area contributed by atoms with E-state index in [0.717, 1.165) is 29.2 Å². The standard InChI is InChI=1S/C56H56N3/c1-38(2)47-23-17-24-48(39(3)4)53(47)59-54(55(5,6)37-56(59,7)8)42-28-32-45(33-29-42)57(44-30-26-41(27-31-44)40-18-11-9-12-19-40)46-34-35-52-50(36-46)49-22-15-16-25-51(49)58(52)43-20-13-10-14-21-43/h9-36,38-39H,37H2,1-8H3. The maximum atomic E-state index is 2.73. The van der Waals surface area contributed by atoms with Gasteiger partial charge in [-0.05, 0) is 126 Å². The van der Waals surface area contributed by atoms with Gasteiger partial charge in [0.05, 0.1) is 17.1 Å². The van der Waals surface area contributed by atoms with Crippen LogP contribution in [0.1, 0.15) is 90.3 Å². The van der Waals surface area contributed by atoms with Crippen molar-refractivity contribution in [1.29, 1.82) is 0 Å². The zero-order valence-corrected chi connectivity index (χ0v) is 35.9. The molecule has 0 amide bonds. The van der Waals surface area contributed by atoms with Crippen LogP contribution in [0.5, 0.6) is 0 Å². The van der Waals surface area contributed by atoms with Crippen LogP contribution in [0.15, 0.2) is 170 Å². The summed E-state index contributed by atoms with van der Waals surface area (Å²) >= 11 is 0. The lowest BCUT2D eigenvalue weighted by Crippen LogP contribution is -2.42. The Morgan fingerprint density at radius 1 is 0.475 bits per heavy atom. The minimum Gasteiger partial charge on any atom is -0.353 e. The Morgan fingerprint density at radius 3 is 1.59 bits per heavy atom. The van der Waals surface area contributed by atoms with Crippen molar-refractivity contribution in [2.24, 2.45) is 5.41 Å². The number of rotatable bonds is 9. The predicted molar refractivity (Wildman–Crippen MR) is 253 cm³/mol. The summed E-state index contributed by atoms with van der Waals surface area (Å²) < 4.78 is 2.39. The first-order valence-corrected chi connectivity index (χ1v) is 21.4. The molecule has 59 heavy (non-hydrogen) atoms. The summed E-state index contributed by atoms with van der Waals surface area (Å²) in [6, 6.07) is 63.9. The zero-order valence-electron chi connectivity index (χ0n) is 35.9. The van der Waals surface area contributed by atoms with Crippen LogP contribution in [-0.4, -0.2) is 10.1 Å². The number of benzene rings is 7. The molecule has 7 aromatic carbocycles. The highest BCUT2D eigenvalue weighted by molar-refractivity contribution is 6.10. The third-order valence-electron chi connectivity index (χ3n) is 12.5. The lowest BCUT2D eigenvalue weighted by atomic mass is 9.78. The van der Waals surface area contributed by atoms with Gasteiger partial charge in [0.2, 0.25) is 0 Å². The molecule has 0 spiro atoms. The Morgan fingerprint density at radius 2 is 0.983 bits per heavy atom. The normalized spacial score (nSPS) is 15.2. The Labute approximate surface area is 351 Å². The highest BCUT2D eigenvalue weighted by atomic mass is 15.3. The maximum Gasteiger partial charge on any atom is 0.0989 e. The summed E-state index contributed by atoms with van der Waals surface area (Å²) in [6.45, 7) is 19.1. The van der Waals surface area contributed by atoms with Gasteiger partial charge < -0.3 is 14.4 Å². The molecule has 0 N–H and O–H groups in total. The summed E-state index contributed by atoms with van der Waals surface area (Å²) in [7, 11) is 0. The Bertz CT molecular complexity index is 2710. The number of fused-ring (bicyclic) bond motifs is 3. The van der Waals surface area contributed by atoms with Crippen LogP contribution < -0.4 is 9.80 Å². The molecule has 2 heterocycles. The van der Waals surface area contributed by atoms with E-state index < -0.39 is 0 Å². The summed E-state index contributed by atoms with van der Waals surface area (Å²) in [5.41, 5.74) is 14.8. The highest BCUT2D eigenvalue weighted by Gasteiger charge is 2.53. The van der Waals surface area contributed by atoms with Crippen molar-refractivity contribution in [2.45, 2.75) is 79.2 Å². The van der Waals surface area contributed by atoms with Crippen molar-refractivity contribution in [3.8, 4) is 16.8 Å². The van der Waals surface area contributed by atoms with Crippen molar-refractivity contribution in [3.63, 3.8) is 0 Å². The molecule has 0 saturated carbocycles. The summed E-state index contributed by atoms with van der Waals surface area (Å²) in [5, 5.41) is 2.48. The van der Waals surface area contributed by atoms with E-state index in [1.807, 2.05) is 0 Å². The van der Waals surface area contributed by atoms with Crippen molar-refractivity contribution in [2.75, 3.05) is 9.80 Å². The van der Waals surface area contributed by atoms with E-state index in [2.05, 4.69) is 240 Å². The Hall–Kier alpha value is -6.06. The summed E-state index contributed by atoms with van der Waals surface area (Å²) in [4.78, 5) is 5.15. The smallest absolute Gasteiger partial charge is 0.0989 e. The first kappa shape index (κ1) is 38.5. The number of aromatic nitrogens is 1. The Balaban J connectivity index is 1.19. The molecule has 1 aromatic heterocycles. The molecule has 3 nitrogen and oxygen atoms in total.